The first-order valence-electron chi connectivity index (χ1n) is 6.25. The van der Waals surface area contributed by atoms with Crippen molar-refractivity contribution in [2.45, 2.75) is 37.8 Å². The summed E-state index contributed by atoms with van der Waals surface area (Å²) in [4.78, 5) is 10.1. The lowest BCUT2D eigenvalue weighted by atomic mass is 10.0. The molecule has 1 saturated carbocycles. The molecule has 1 unspecified atom stereocenters. The van der Waals surface area contributed by atoms with Crippen LogP contribution < -0.4 is 0 Å². The highest BCUT2D eigenvalue weighted by Gasteiger charge is 2.29. The molecule has 0 bridgehead atoms. The van der Waals surface area contributed by atoms with Crippen LogP contribution in [0, 0.1) is 0 Å². The number of benzene rings is 1. The fraction of sp³-hybridized carbons (Fsp3) is 0.429. The Kier molecular flexibility index (Phi) is 4.20. The summed E-state index contributed by atoms with van der Waals surface area (Å²) in [5, 5.41) is 0. The van der Waals surface area contributed by atoms with Gasteiger partial charge in [-0.1, -0.05) is 49.6 Å². The highest BCUT2D eigenvalue weighted by Crippen LogP contribution is 2.53. The Labute approximate surface area is 103 Å². The summed E-state index contributed by atoms with van der Waals surface area (Å²) < 4.78 is 12.2. The smallest absolute Gasteiger partial charge is 0.225 e. The molecule has 3 heteroatoms. The molecule has 1 fully saturated rings. The monoisotopic (exact) mass is 250 g/mol. The lowest BCUT2D eigenvalue weighted by Crippen LogP contribution is -2.11. The van der Waals surface area contributed by atoms with E-state index in [1.165, 1.54) is 12.2 Å². The average molecular weight is 250 g/mol. The van der Waals surface area contributed by atoms with Crippen molar-refractivity contribution < 1.29 is 9.46 Å². The Morgan fingerprint density at radius 3 is 2.41 bits per heavy atom. The van der Waals surface area contributed by atoms with Crippen molar-refractivity contribution >= 4 is 13.4 Å². The zero-order valence-corrected chi connectivity index (χ0v) is 10.9. The second-order valence-corrected chi connectivity index (χ2v) is 7.06. The lowest BCUT2D eigenvalue weighted by molar-refractivity contribution is 0.430. The highest BCUT2D eigenvalue weighted by molar-refractivity contribution is 7.62. The maximum Gasteiger partial charge on any atom is 0.225 e. The Morgan fingerprint density at radius 1 is 1.12 bits per heavy atom. The first kappa shape index (κ1) is 12.6. The van der Waals surface area contributed by atoms with Gasteiger partial charge in [-0.25, -0.2) is 0 Å². The Hall–Kier alpha value is -0.850. The van der Waals surface area contributed by atoms with Crippen LogP contribution in [0.3, 0.4) is 0 Å². The molecule has 0 radical (unpaired) electrons. The second-order valence-electron chi connectivity index (χ2n) is 4.69. The number of hydrogen-bond acceptors (Lipinski definition) is 1. The van der Waals surface area contributed by atoms with E-state index in [4.69, 9.17) is 0 Å². The van der Waals surface area contributed by atoms with E-state index in [1.807, 2.05) is 30.3 Å². The second kappa shape index (κ2) is 5.66. The summed E-state index contributed by atoms with van der Waals surface area (Å²) in [5.74, 6) is 1.53. The van der Waals surface area contributed by atoms with Crippen molar-refractivity contribution in [1.29, 1.82) is 0 Å². The largest absolute Gasteiger partial charge is 0.341 e. The molecule has 17 heavy (non-hydrogen) atoms. The van der Waals surface area contributed by atoms with Gasteiger partial charge >= 0.3 is 0 Å². The maximum atomic E-state index is 12.2. The zero-order valence-electron chi connectivity index (χ0n) is 9.96. The van der Waals surface area contributed by atoms with Gasteiger partial charge in [0.05, 0.1) is 0 Å². The van der Waals surface area contributed by atoms with E-state index in [0.29, 0.717) is 0 Å². The first-order chi connectivity index (χ1) is 8.18. The summed E-state index contributed by atoms with van der Waals surface area (Å²) in [5.41, 5.74) is 0.966. The van der Waals surface area contributed by atoms with Gasteiger partial charge in [-0.05, 0) is 24.5 Å². The van der Waals surface area contributed by atoms with Crippen LogP contribution in [-0.4, -0.2) is 10.6 Å². The fourth-order valence-electron chi connectivity index (χ4n) is 2.33. The highest BCUT2D eigenvalue weighted by atomic mass is 31.2. The van der Waals surface area contributed by atoms with Gasteiger partial charge in [-0.2, -0.15) is 0 Å². The Bertz CT molecular complexity index is 419. The minimum Gasteiger partial charge on any atom is -0.341 e. The molecule has 1 atom stereocenters. The molecular weight excluding hydrogens is 231 g/mol. The molecule has 1 aliphatic carbocycles. The van der Waals surface area contributed by atoms with Crippen molar-refractivity contribution in [3.8, 4) is 0 Å². The maximum absolute atomic E-state index is 12.2. The first-order valence-corrected chi connectivity index (χ1v) is 8.05. The van der Waals surface area contributed by atoms with E-state index in [0.717, 1.165) is 31.2 Å². The SMILES string of the molecule is O=P(O)(C=Cc1ccccc1)C1CCCCC1. The molecule has 2 rings (SSSR count). The third-order valence-electron chi connectivity index (χ3n) is 3.38. The minimum atomic E-state index is -3.11. The minimum absolute atomic E-state index is 0.0174. The Balaban J connectivity index is 2.06. The van der Waals surface area contributed by atoms with Gasteiger partial charge in [0.2, 0.25) is 7.37 Å². The lowest BCUT2D eigenvalue weighted by Gasteiger charge is -2.24. The Morgan fingerprint density at radius 2 is 1.76 bits per heavy atom. The van der Waals surface area contributed by atoms with E-state index in [-0.39, 0.29) is 5.66 Å². The standard InChI is InChI=1S/C14H19O2P/c15-17(16,14-9-5-2-6-10-14)12-11-13-7-3-1-4-8-13/h1,3-4,7-8,11-12,14H,2,5-6,9-10H2,(H,15,16). The van der Waals surface area contributed by atoms with Crippen LogP contribution in [0.15, 0.2) is 36.1 Å². The van der Waals surface area contributed by atoms with Gasteiger partial charge in [0.25, 0.3) is 0 Å². The van der Waals surface area contributed by atoms with Crippen molar-refractivity contribution in [3.05, 3.63) is 41.7 Å². The molecule has 2 nitrogen and oxygen atoms in total. The third-order valence-corrected chi connectivity index (χ3v) is 5.52. The molecule has 0 aromatic heterocycles. The van der Waals surface area contributed by atoms with E-state index in [1.54, 1.807) is 6.08 Å². The molecule has 0 saturated heterocycles. The van der Waals surface area contributed by atoms with Gasteiger partial charge in [0.1, 0.15) is 0 Å². The van der Waals surface area contributed by atoms with Crippen molar-refractivity contribution in [1.82, 2.24) is 0 Å². The summed E-state index contributed by atoms with van der Waals surface area (Å²) in [7, 11) is -3.11. The molecule has 1 N–H and O–H groups in total. The molecule has 0 spiro atoms. The van der Waals surface area contributed by atoms with Gasteiger partial charge in [-0.15, -0.1) is 0 Å². The van der Waals surface area contributed by atoms with E-state index >= 15 is 0 Å². The topological polar surface area (TPSA) is 37.3 Å². The van der Waals surface area contributed by atoms with Crippen LogP contribution in [-0.2, 0) is 4.57 Å². The van der Waals surface area contributed by atoms with Crippen molar-refractivity contribution in [2.75, 3.05) is 0 Å². The molecular formula is C14H19O2P. The number of hydrogen-bond donors (Lipinski definition) is 1. The summed E-state index contributed by atoms with van der Waals surface area (Å²) in [6.45, 7) is 0. The molecule has 1 aromatic carbocycles. The normalized spacial score (nSPS) is 21.5. The van der Waals surface area contributed by atoms with Crippen LogP contribution in [0.4, 0.5) is 0 Å². The molecule has 1 aliphatic rings. The predicted octanol–water partition coefficient (Wildman–Crippen LogP) is 4.26. The van der Waals surface area contributed by atoms with Crippen LogP contribution in [0.25, 0.3) is 6.08 Å². The van der Waals surface area contributed by atoms with Crippen LogP contribution >= 0.6 is 7.37 Å². The van der Waals surface area contributed by atoms with Crippen LogP contribution in [0.5, 0.6) is 0 Å². The van der Waals surface area contributed by atoms with Crippen LogP contribution in [0.1, 0.15) is 37.7 Å². The molecule has 0 aliphatic heterocycles. The van der Waals surface area contributed by atoms with Crippen molar-refractivity contribution in [2.24, 2.45) is 0 Å². The molecule has 0 heterocycles. The molecule has 0 amide bonds. The number of rotatable bonds is 3. The van der Waals surface area contributed by atoms with Gasteiger partial charge < -0.3 is 4.89 Å². The van der Waals surface area contributed by atoms with Gasteiger partial charge in [0, 0.05) is 11.5 Å². The van der Waals surface area contributed by atoms with E-state index < -0.39 is 7.37 Å². The van der Waals surface area contributed by atoms with Gasteiger partial charge in [0.15, 0.2) is 0 Å². The molecule has 92 valence electrons. The van der Waals surface area contributed by atoms with Gasteiger partial charge in [-0.3, -0.25) is 4.57 Å². The summed E-state index contributed by atoms with van der Waals surface area (Å²) >= 11 is 0. The fourth-order valence-corrected chi connectivity index (χ4v) is 4.06. The summed E-state index contributed by atoms with van der Waals surface area (Å²) in [6, 6.07) is 9.69. The third kappa shape index (κ3) is 3.55. The van der Waals surface area contributed by atoms with E-state index in [9.17, 15) is 9.46 Å². The summed E-state index contributed by atoms with van der Waals surface area (Å²) in [6.07, 6.45) is 6.96. The van der Waals surface area contributed by atoms with Crippen molar-refractivity contribution in [3.63, 3.8) is 0 Å². The zero-order chi connectivity index (χ0) is 12.1. The van der Waals surface area contributed by atoms with E-state index in [2.05, 4.69) is 0 Å². The molecule has 1 aromatic rings. The van der Waals surface area contributed by atoms with Crippen LogP contribution in [0.2, 0.25) is 0 Å². The quantitative estimate of drug-likeness (QED) is 0.814. The predicted molar refractivity (Wildman–Crippen MR) is 72.2 cm³/mol. The average Bonchev–Trinajstić information content (AvgIpc) is 2.39.